The fourth-order valence-electron chi connectivity index (χ4n) is 4.09. The summed E-state index contributed by atoms with van der Waals surface area (Å²) in [6.07, 6.45) is 0. The number of fused-ring (bicyclic) bond motifs is 1. The molecule has 0 spiro atoms. The normalized spacial score (nSPS) is 15.0. The molecular weight excluding hydrogens is 416 g/mol. The molecule has 7 heteroatoms. The van der Waals surface area contributed by atoms with E-state index in [4.69, 9.17) is 14.5 Å². The largest absolute Gasteiger partial charge is 0.484 e. The maximum atomic E-state index is 12.5. The van der Waals surface area contributed by atoms with Crippen molar-refractivity contribution in [3.63, 3.8) is 0 Å². The van der Waals surface area contributed by atoms with Gasteiger partial charge in [0, 0.05) is 25.3 Å². The van der Waals surface area contributed by atoms with Gasteiger partial charge in [-0.2, -0.15) is 0 Å². The molecule has 0 bridgehead atoms. The lowest BCUT2D eigenvalue weighted by Crippen LogP contribution is -2.36. The van der Waals surface area contributed by atoms with Crippen LogP contribution in [-0.2, 0) is 28.0 Å². The Morgan fingerprint density at radius 1 is 1.12 bits per heavy atom. The predicted molar refractivity (Wildman–Crippen MR) is 131 cm³/mol. The first-order chi connectivity index (χ1) is 15.8. The number of imidazole rings is 1. The number of nitrogens with zero attached hydrogens (tertiary/aromatic N) is 3. The van der Waals surface area contributed by atoms with Crippen LogP contribution < -0.4 is 10.1 Å². The predicted octanol–water partition coefficient (Wildman–Crippen LogP) is 4.20. The molecule has 0 saturated carbocycles. The Hall–Kier alpha value is -2.90. The van der Waals surface area contributed by atoms with Gasteiger partial charge in [-0.1, -0.05) is 32.9 Å². The minimum absolute atomic E-state index is 0.0431. The number of hydrogen-bond acceptors (Lipinski definition) is 5. The van der Waals surface area contributed by atoms with Crippen molar-refractivity contribution < 1.29 is 14.3 Å². The van der Waals surface area contributed by atoms with Gasteiger partial charge in [0.15, 0.2) is 6.61 Å². The van der Waals surface area contributed by atoms with Crippen LogP contribution in [0.1, 0.15) is 39.1 Å². The van der Waals surface area contributed by atoms with Crippen LogP contribution in [0.15, 0.2) is 42.5 Å². The van der Waals surface area contributed by atoms with Crippen molar-refractivity contribution in [1.29, 1.82) is 0 Å². The highest BCUT2D eigenvalue weighted by Gasteiger charge is 2.17. The Labute approximate surface area is 195 Å². The summed E-state index contributed by atoms with van der Waals surface area (Å²) in [5, 5.41) is 2.93. The Morgan fingerprint density at radius 2 is 1.85 bits per heavy atom. The van der Waals surface area contributed by atoms with Crippen LogP contribution >= 0.6 is 0 Å². The fraction of sp³-hybridized carbons (Fsp3) is 0.462. The average Bonchev–Trinajstić information content (AvgIpc) is 3.14. The minimum Gasteiger partial charge on any atom is -0.484 e. The average molecular weight is 451 g/mol. The molecule has 0 unspecified atom stereocenters. The molecule has 0 atom stereocenters. The van der Waals surface area contributed by atoms with Gasteiger partial charge in [0.05, 0.1) is 30.8 Å². The second-order valence-electron chi connectivity index (χ2n) is 9.48. The van der Waals surface area contributed by atoms with Gasteiger partial charge in [-0.15, -0.1) is 0 Å². The summed E-state index contributed by atoms with van der Waals surface area (Å²) < 4.78 is 13.4. The van der Waals surface area contributed by atoms with Crippen molar-refractivity contribution in [2.24, 2.45) is 0 Å². The van der Waals surface area contributed by atoms with E-state index in [0.29, 0.717) is 5.75 Å². The van der Waals surface area contributed by atoms with E-state index in [0.717, 1.165) is 61.9 Å². The van der Waals surface area contributed by atoms with Gasteiger partial charge in [-0.25, -0.2) is 4.98 Å². The summed E-state index contributed by atoms with van der Waals surface area (Å²) in [6.45, 7) is 13.6. The third kappa shape index (κ3) is 5.72. The lowest BCUT2D eigenvalue weighted by atomic mass is 9.87. The topological polar surface area (TPSA) is 68.6 Å². The van der Waals surface area contributed by atoms with E-state index in [9.17, 15) is 4.79 Å². The number of ether oxygens (including phenoxy) is 2. The van der Waals surface area contributed by atoms with E-state index in [-0.39, 0.29) is 17.9 Å². The van der Waals surface area contributed by atoms with Crippen molar-refractivity contribution in [1.82, 2.24) is 14.5 Å². The minimum atomic E-state index is -0.197. The number of morpholine rings is 1. The maximum Gasteiger partial charge on any atom is 0.262 e. The standard InChI is InChI=1S/C26H34N4O3/c1-5-30-23-11-8-20(16-22(23)28-24(30)17-29-12-14-32-15-13-29)27-25(31)18-33-21-9-6-19(7-10-21)26(2,3)4/h6-11,16H,5,12-15,17-18H2,1-4H3,(H,27,31). The number of carbonyl (C=O) groups is 1. The summed E-state index contributed by atoms with van der Waals surface area (Å²) >= 11 is 0. The quantitative estimate of drug-likeness (QED) is 0.584. The second-order valence-corrected chi connectivity index (χ2v) is 9.48. The van der Waals surface area contributed by atoms with Crippen LogP contribution in [0.4, 0.5) is 5.69 Å². The molecule has 1 N–H and O–H groups in total. The molecule has 1 saturated heterocycles. The number of nitrogens with one attached hydrogen (secondary N) is 1. The highest BCUT2D eigenvalue weighted by Crippen LogP contribution is 2.25. The first-order valence-corrected chi connectivity index (χ1v) is 11.7. The molecule has 2 aromatic carbocycles. The molecule has 1 aromatic heterocycles. The Kier molecular flexibility index (Phi) is 7.00. The highest BCUT2D eigenvalue weighted by atomic mass is 16.5. The third-order valence-electron chi connectivity index (χ3n) is 5.99. The van der Waals surface area contributed by atoms with Crippen molar-refractivity contribution in [2.75, 3.05) is 38.2 Å². The van der Waals surface area contributed by atoms with E-state index >= 15 is 0 Å². The Bertz CT molecular complexity index is 1090. The van der Waals surface area contributed by atoms with Crippen LogP contribution in [0.3, 0.4) is 0 Å². The van der Waals surface area contributed by atoms with E-state index in [1.807, 2.05) is 42.5 Å². The van der Waals surface area contributed by atoms with Gasteiger partial charge in [0.25, 0.3) is 5.91 Å². The fourth-order valence-corrected chi connectivity index (χ4v) is 4.09. The molecule has 0 aliphatic carbocycles. The number of carbonyl (C=O) groups excluding carboxylic acids is 1. The van der Waals surface area contributed by atoms with Gasteiger partial charge in [-0.3, -0.25) is 9.69 Å². The first-order valence-electron chi connectivity index (χ1n) is 11.7. The molecule has 33 heavy (non-hydrogen) atoms. The summed E-state index contributed by atoms with van der Waals surface area (Å²) in [5.74, 6) is 1.53. The number of hydrogen-bond donors (Lipinski definition) is 1. The monoisotopic (exact) mass is 450 g/mol. The second kappa shape index (κ2) is 9.93. The van der Waals surface area contributed by atoms with Crippen LogP contribution in [0, 0.1) is 0 Å². The molecule has 1 aliphatic rings. The van der Waals surface area contributed by atoms with E-state index < -0.39 is 0 Å². The van der Waals surface area contributed by atoms with Crippen LogP contribution in [0.5, 0.6) is 5.75 Å². The number of aromatic nitrogens is 2. The molecule has 3 aromatic rings. The van der Waals surface area contributed by atoms with Crippen molar-refractivity contribution in [3.05, 3.63) is 53.9 Å². The number of aryl methyl sites for hydroxylation is 1. The molecule has 2 heterocycles. The number of anilines is 1. The number of rotatable bonds is 7. The molecular formula is C26H34N4O3. The smallest absolute Gasteiger partial charge is 0.262 e. The zero-order valence-corrected chi connectivity index (χ0v) is 20.1. The molecule has 4 rings (SSSR count). The van der Waals surface area contributed by atoms with E-state index in [1.54, 1.807) is 0 Å². The SMILES string of the molecule is CCn1c(CN2CCOCC2)nc2cc(NC(=O)COc3ccc(C(C)(C)C)cc3)ccc21. The van der Waals surface area contributed by atoms with E-state index in [2.05, 4.69) is 42.5 Å². The summed E-state index contributed by atoms with van der Waals surface area (Å²) in [6, 6.07) is 13.8. The van der Waals surface area contributed by atoms with Gasteiger partial charge in [0.1, 0.15) is 11.6 Å². The van der Waals surface area contributed by atoms with Gasteiger partial charge >= 0.3 is 0 Å². The van der Waals surface area contributed by atoms with E-state index in [1.165, 1.54) is 5.56 Å². The molecule has 1 aliphatic heterocycles. The molecule has 176 valence electrons. The summed E-state index contributed by atoms with van der Waals surface area (Å²) in [7, 11) is 0. The van der Waals surface area contributed by atoms with Gasteiger partial charge in [-0.05, 0) is 48.2 Å². The first kappa shape index (κ1) is 23.3. The van der Waals surface area contributed by atoms with Gasteiger partial charge < -0.3 is 19.4 Å². The van der Waals surface area contributed by atoms with Gasteiger partial charge in [0.2, 0.25) is 0 Å². The summed E-state index contributed by atoms with van der Waals surface area (Å²) in [4.78, 5) is 19.7. The Balaban J connectivity index is 1.39. The maximum absolute atomic E-state index is 12.5. The Morgan fingerprint density at radius 3 is 2.52 bits per heavy atom. The van der Waals surface area contributed by atoms with Crippen LogP contribution in [-0.4, -0.2) is 53.3 Å². The van der Waals surface area contributed by atoms with Crippen molar-refractivity contribution in [3.8, 4) is 5.75 Å². The molecule has 7 nitrogen and oxygen atoms in total. The number of amides is 1. The zero-order chi connectivity index (χ0) is 23.4. The van der Waals surface area contributed by atoms with Crippen LogP contribution in [0.2, 0.25) is 0 Å². The lowest BCUT2D eigenvalue weighted by molar-refractivity contribution is -0.118. The van der Waals surface area contributed by atoms with Crippen molar-refractivity contribution in [2.45, 2.75) is 46.2 Å². The zero-order valence-electron chi connectivity index (χ0n) is 20.1. The molecule has 0 radical (unpaired) electrons. The summed E-state index contributed by atoms with van der Waals surface area (Å²) in [5.41, 5.74) is 4.00. The van der Waals surface area contributed by atoms with Crippen molar-refractivity contribution >= 4 is 22.6 Å². The third-order valence-corrected chi connectivity index (χ3v) is 5.99. The highest BCUT2D eigenvalue weighted by molar-refractivity contribution is 5.94. The molecule has 1 fully saturated rings. The number of benzene rings is 2. The molecule has 1 amide bonds. The lowest BCUT2D eigenvalue weighted by Gasteiger charge is -2.26. The van der Waals surface area contributed by atoms with Crippen LogP contribution in [0.25, 0.3) is 11.0 Å².